The quantitative estimate of drug-likeness (QED) is 0.0306. The molecule has 11 heteroatoms. The number of ether oxygens (including phenoxy) is 2. The molecule has 3 unspecified atom stereocenters. The first kappa shape index (κ1) is 41.7. The Balaban J connectivity index is 4.00. The maximum atomic E-state index is 12.3. The van der Waals surface area contributed by atoms with E-state index >= 15 is 0 Å². The molecule has 0 aromatic rings. The van der Waals surface area contributed by atoms with Gasteiger partial charge >= 0.3 is 19.8 Å². The Morgan fingerprint density at radius 3 is 1.72 bits per heavy atom. The van der Waals surface area contributed by atoms with Crippen LogP contribution in [0.1, 0.15) is 142 Å². The third-order valence-electron chi connectivity index (χ3n) is 6.89. The van der Waals surface area contributed by atoms with Crippen molar-refractivity contribution in [3.63, 3.8) is 0 Å². The SMILES string of the molecule is CCCCCCCC/C=C\CCCCCCCCCCCC(=O)OC(COC(=O)CCC)COP(=O)(O)OCC(O)CO. The Kier molecular flexibility index (Phi) is 28.5. The molecule has 0 aromatic carbocycles. The summed E-state index contributed by atoms with van der Waals surface area (Å²) in [5, 5.41) is 18.1. The molecule has 3 N–H and O–H groups in total. The molecular formula is C32H61O10P. The van der Waals surface area contributed by atoms with Gasteiger partial charge in [-0.25, -0.2) is 4.57 Å². The van der Waals surface area contributed by atoms with Gasteiger partial charge in [0.05, 0.1) is 19.8 Å². The highest BCUT2D eigenvalue weighted by Crippen LogP contribution is 2.43. The van der Waals surface area contributed by atoms with Gasteiger partial charge in [-0.15, -0.1) is 0 Å². The Hall–Kier alpha value is -1.29. The molecule has 0 saturated carbocycles. The summed E-state index contributed by atoms with van der Waals surface area (Å²) < 4.78 is 31.9. The zero-order chi connectivity index (χ0) is 32.0. The number of allylic oxidation sites excluding steroid dienone is 2. The second-order valence-corrected chi connectivity index (χ2v) is 12.6. The van der Waals surface area contributed by atoms with Crippen molar-refractivity contribution < 1.29 is 47.8 Å². The predicted molar refractivity (Wildman–Crippen MR) is 168 cm³/mol. The van der Waals surface area contributed by atoms with Crippen LogP contribution < -0.4 is 0 Å². The molecule has 43 heavy (non-hydrogen) atoms. The predicted octanol–water partition coefficient (Wildman–Crippen LogP) is 7.33. The number of hydrogen-bond acceptors (Lipinski definition) is 9. The normalized spacial score (nSPS) is 14.4. The Morgan fingerprint density at radius 1 is 0.674 bits per heavy atom. The van der Waals surface area contributed by atoms with Crippen LogP contribution in [0.2, 0.25) is 0 Å². The van der Waals surface area contributed by atoms with Crippen molar-refractivity contribution in [1.82, 2.24) is 0 Å². The Labute approximate surface area is 260 Å². The minimum Gasteiger partial charge on any atom is -0.462 e. The summed E-state index contributed by atoms with van der Waals surface area (Å²) in [6.45, 7) is 1.95. The van der Waals surface area contributed by atoms with E-state index in [-0.39, 0.29) is 19.4 Å². The number of carbonyl (C=O) groups excluding carboxylic acids is 2. The van der Waals surface area contributed by atoms with Crippen LogP contribution in [-0.2, 0) is 32.7 Å². The number of aliphatic hydroxyl groups is 2. The van der Waals surface area contributed by atoms with Crippen molar-refractivity contribution >= 4 is 19.8 Å². The molecule has 0 aliphatic rings. The van der Waals surface area contributed by atoms with Crippen molar-refractivity contribution in [1.29, 1.82) is 0 Å². The maximum Gasteiger partial charge on any atom is 0.472 e. The zero-order valence-electron chi connectivity index (χ0n) is 26.9. The Morgan fingerprint density at radius 2 is 1.19 bits per heavy atom. The van der Waals surface area contributed by atoms with Crippen molar-refractivity contribution in [2.75, 3.05) is 26.4 Å². The Bertz CT molecular complexity index is 746. The van der Waals surface area contributed by atoms with Crippen LogP contribution >= 0.6 is 7.82 Å². The van der Waals surface area contributed by atoms with Gasteiger partial charge in [0.1, 0.15) is 12.7 Å². The van der Waals surface area contributed by atoms with E-state index in [0.29, 0.717) is 12.8 Å². The molecule has 254 valence electrons. The van der Waals surface area contributed by atoms with E-state index in [1.165, 1.54) is 83.5 Å². The van der Waals surface area contributed by atoms with Crippen LogP contribution in [0.4, 0.5) is 0 Å². The second kappa shape index (κ2) is 29.4. The van der Waals surface area contributed by atoms with E-state index in [0.717, 1.165) is 19.3 Å². The van der Waals surface area contributed by atoms with E-state index in [1.807, 2.05) is 6.92 Å². The number of phosphoric acid groups is 1. The van der Waals surface area contributed by atoms with Crippen LogP contribution in [-0.4, -0.2) is 65.7 Å². The largest absolute Gasteiger partial charge is 0.472 e. The fraction of sp³-hybridized carbons (Fsp3) is 0.875. The van der Waals surface area contributed by atoms with Crippen LogP contribution in [0.15, 0.2) is 12.2 Å². The number of hydrogen-bond donors (Lipinski definition) is 3. The summed E-state index contributed by atoms with van der Waals surface area (Å²) in [5.41, 5.74) is 0. The average molecular weight is 637 g/mol. The van der Waals surface area contributed by atoms with Crippen molar-refractivity contribution in [2.45, 2.75) is 154 Å². The van der Waals surface area contributed by atoms with Gasteiger partial charge in [-0.05, 0) is 38.5 Å². The van der Waals surface area contributed by atoms with Gasteiger partial charge in [0.2, 0.25) is 0 Å². The summed E-state index contributed by atoms with van der Waals surface area (Å²) in [6.07, 6.45) is 23.7. The molecule has 0 heterocycles. The van der Waals surface area contributed by atoms with Crippen LogP contribution in [0.5, 0.6) is 0 Å². The summed E-state index contributed by atoms with van der Waals surface area (Å²) in [5.74, 6) is -0.987. The first-order valence-electron chi connectivity index (χ1n) is 16.6. The molecule has 0 bridgehead atoms. The lowest BCUT2D eigenvalue weighted by Gasteiger charge is -2.20. The first-order valence-corrected chi connectivity index (χ1v) is 18.1. The molecule has 0 aliphatic carbocycles. The van der Waals surface area contributed by atoms with Gasteiger partial charge in [-0.3, -0.25) is 18.6 Å². The third-order valence-corrected chi connectivity index (χ3v) is 7.84. The van der Waals surface area contributed by atoms with E-state index in [4.69, 9.17) is 19.1 Å². The molecule has 0 saturated heterocycles. The van der Waals surface area contributed by atoms with Crippen LogP contribution in [0.3, 0.4) is 0 Å². The number of unbranched alkanes of at least 4 members (excludes halogenated alkanes) is 15. The van der Waals surface area contributed by atoms with Gasteiger partial charge < -0.3 is 24.6 Å². The molecule has 10 nitrogen and oxygen atoms in total. The highest BCUT2D eigenvalue weighted by molar-refractivity contribution is 7.47. The number of esters is 2. The molecular weight excluding hydrogens is 575 g/mol. The van der Waals surface area contributed by atoms with Crippen LogP contribution in [0, 0.1) is 0 Å². The van der Waals surface area contributed by atoms with Gasteiger partial charge in [0, 0.05) is 12.8 Å². The van der Waals surface area contributed by atoms with Crippen molar-refractivity contribution in [3.05, 3.63) is 12.2 Å². The van der Waals surface area contributed by atoms with Gasteiger partial charge in [0.15, 0.2) is 6.10 Å². The third kappa shape index (κ3) is 29.2. The van der Waals surface area contributed by atoms with Gasteiger partial charge in [0.25, 0.3) is 0 Å². The van der Waals surface area contributed by atoms with Crippen molar-refractivity contribution in [2.24, 2.45) is 0 Å². The van der Waals surface area contributed by atoms with Gasteiger partial charge in [-0.2, -0.15) is 0 Å². The molecule has 0 aromatic heterocycles. The van der Waals surface area contributed by atoms with E-state index in [2.05, 4.69) is 23.6 Å². The highest BCUT2D eigenvalue weighted by atomic mass is 31.2. The summed E-state index contributed by atoms with van der Waals surface area (Å²) in [6, 6.07) is 0. The van der Waals surface area contributed by atoms with E-state index < -0.39 is 51.8 Å². The minimum atomic E-state index is -4.58. The number of aliphatic hydroxyl groups excluding tert-OH is 2. The monoisotopic (exact) mass is 636 g/mol. The fourth-order valence-electron chi connectivity index (χ4n) is 4.32. The molecule has 0 aliphatic heterocycles. The summed E-state index contributed by atoms with van der Waals surface area (Å²) in [7, 11) is -4.58. The topological polar surface area (TPSA) is 149 Å². The summed E-state index contributed by atoms with van der Waals surface area (Å²) >= 11 is 0. The smallest absolute Gasteiger partial charge is 0.462 e. The lowest BCUT2D eigenvalue weighted by Crippen LogP contribution is -2.29. The van der Waals surface area contributed by atoms with Gasteiger partial charge in [-0.1, -0.05) is 103 Å². The number of phosphoric ester groups is 1. The fourth-order valence-corrected chi connectivity index (χ4v) is 5.11. The number of rotatable bonds is 31. The molecule has 0 fully saturated rings. The lowest BCUT2D eigenvalue weighted by atomic mass is 10.1. The molecule has 0 spiro atoms. The first-order chi connectivity index (χ1) is 20.7. The minimum absolute atomic E-state index is 0.182. The highest BCUT2D eigenvalue weighted by Gasteiger charge is 2.27. The number of carbonyl (C=O) groups is 2. The van der Waals surface area contributed by atoms with E-state index in [1.54, 1.807) is 0 Å². The summed E-state index contributed by atoms with van der Waals surface area (Å²) in [4.78, 5) is 33.8. The standard InChI is InChI=1S/C32H61O10P/c1-3-5-6-7-8-9-10-11-12-13-14-15-16-17-18-19-20-21-22-24-32(36)42-30(27-39-31(35)23-4-2)28-41-43(37,38)40-26-29(34)25-33/h11-12,29-30,33-34H,3-10,13-28H2,1-2H3,(H,37,38)/b12-11-. The average Bonchev–Trinajstić information content (AvgIpc) is 2.98. The zero-order valence-corrected chi connectivity index (χ0v) is 27.8. The van der Waals surface area contributed by atoms with Crippen LogP contribution in [0.25, 0.3) is 0 Å². The molecule has 3 atom stereocenters. The lowest BCUT2D eigenvalue weighted by molar-refractivity contribution is -0.161. The molecule has 0 radical (unpaired) electrons. The molecule has 0 rings (SSSR count). The maximum absolute atomic E-state index is 12.3. The second-order valence-electron chi connectivity index (χ2n) is 11.2. The molecule has 0 amide bonds. The van der Waals surface area contributed by atoms with E-state index in [9.17, 15) is 24.2 Å². The van der Waals surface area contributed by atoms with Crippen molar-refractivity contribution in [3.8, 4) is 0 Å².